The molecule has 0 radical (unpaired) electrons. The molecular formula is C36H45N5O3S. The lowest BCUT2D eigenvalue weighted by Gasteiger charge is -2.46. The molecule has 3 heterocycles. The number of hydrogen-bond donors (Lipinski definition) is 1. The Morgan fingerprint density at radius 3 is 2.27 bits per heavy atom. The molecule has 2 fully saturated rings. The number of nitrogens with one attached hydrogen (secondary N) is 1. The van der Waals surface area contributed by atoms with E-state index in [1.54, 1.807) is 19.2 Å². The van der Waals surface area contributed by atoms with Crippen LogP contribution in [0.5, 0.6) is 0 Å². The Morgan fingerprint density at radius 1 is 1.02 bits per heavy atom. The highest BCUT2D eigenvalue weighted by molar-refractivity contribution is 7.91. The van der Waals surface area contributed by atoms with Crippen LogP contribution in [0.25, 0.3) is 0 Å². The molecule has 238 valence electrons. The van der Waals surface area contributed by atoms with Crippen LogP contribution in [0.2, 0.25) is 0 Å². The molecule has 1 unspecified atom stereocenters. The van der Waals surface area contributed by atoms with E-state index in [2.05, 4.69) is 45.2 Å². The zero-order valence-electron chi connectivity index (χ0n) is 26.4. The Hall–Kier alpha value is -3.74. The molecule has 9 heteroatoms. The Balaban J connectivity index is 1.18. The van der Waals surface area contributed by atoms with Crippen LogP contribution in [0.15, 0.2) is 88.9 Å². The minimum absolute atomic E-state index is 0.0450. The summed E-state index contributed by atoms with van der Waals surface area (Å²) >= 11 is 0. The minimum Gasteiger partial charge on any atom is -0.371 e. The number of pyridine rings is 1. The van der Waals surface area contributed by atoms with Crippen LogP contribution in [0.1, 0.15) is 51.0 Å². The van der Waals surface area contributed by atoms with Gasteiger partial charge in [0.1, 0.15) is 0 Å². The van der Waals surface area contributed by atoms with Crippen molar-refractivity contribution >= 4 is 21.4 Å². The van der Waals surface area contributed by atoms with Gasteiger partial charge in [-0.2, -0.15) is 5.26 Å². The summed E-state index contributed by atoms with van der Waals surface area (Å²) < 4.78 is 25.8. The normalized spacial score (nSPS) is 18.4. The molecule has 1 amide bonds. The number of benzene rings is 2. The van der Waals surface area contributed by atoms with Gasteiger partial charge in [0.2, 0.25) is 15.7 Å². The Kier molecular flexibility index (Phi) is 10.6. The van der Waals surface area contributed by atoms with E-state index in [1.807, 2.05) is 30.3 Å². The van der Waals surface area contributed by atoms with E-state index in [9.17, 15) is 18.5 Å². The van der Waals surface area contributed by atoms with Crippen LogP contribution in [0, 0.1) is 29.1 Å². The van der Waals surface area contributed by atoms with Crippen molar-refractivity contribution in [3.8, 4) is 6.07 Å². The van der Waals surface area contributed by atoms with E-state index < -0.39 is 15.3 Å². The van der Waals surface area contributed by atoms with Gasteiger partial charge in [-0.3, -0.25) is 9.78 Å². The van der Waals surface area contributed by atoms with Gasteiger partial charge in [-0.25, -0.2) is 8.42 Å². The highest BCUT2D eigenvalue weighted by atomic mass is 32.2. The van der Waals surface area contributed by atoms with Crippen molar-refractivity contribution in [2.75, 3.05) is 44.7 Å². The van der Waals surface area contributed by atoms with Crippen molar-refractivity contribution in [2.45, 2.75) is 60.7 Å². The number of piperidine rings is 1. The predicted octanol–water partition coefficient (Wildman–Crippen LogP) is 5.47. The van der Waals surface area contributed by atoms with Gasteiger partial charge in [-0.1, -0.05) is 50.1 Å². The third kappa shape index (κ3) is 7.40. The summed E-state index contributed by atoms with van der Waals surface area (Å²) in [5.74, 6) is 1.00. The molecule has 5 rings (SSSR count). The molecule has 1 aromatic heterocycles. The van der Waals surface area contributed by atoms with Crippen molar-refractivity contribution in [1.82, 2.24) is 15.2 Å². The van der Waals surface area contributed by atoms with E-state index in [0.29, 0.717) is 18.8 Å². The monoisotopic (exact) mass is 627 g/mol. The number of aromatic nitrogens is 1. The number of rotatable bonds is 13. The fourth-order valence-electron chi connectivity index (χ4n) is 7.32. The van der Waals surface area contributed by atoms with E-state index in [1.165, 1.54) is 24.5 Å². The molecule has 2 atom stereocenters. The summed E-state index contributed by atoms with van der Waals surface area (Å²) in [5.41, 5.74) is 1.52. The number of sulfone groups is 1. The van der Waals surface area contributed by atoms with Crippen LogP contribution in [0.4, 0.5) is 5.69 Å². The second-order valence-electron chi connectivity index (χ2n) is 12.7. The fourth-order valence-corrected chi connectivity index (χ4v) is 8.57. The van der Waals surface area contributed by atoms with Crippen LogP contribution in [-0.4, -0.2) is 64.0 Å². The maximum Gasteiger partial charge on any atom is 0.220 e. The molecule has 2 aromatic carbocycles. The number of likely N-dealkylation sites (tertiary alicyclic amines) is 1. The Morgan fingerprint density at radius 2 is 1.67 bits per heavy atom. The smallest absolute Gasteiger partial charge is 0.220 e. The van der Waals surface area contributed by atoms with Gasteiger partial charge in [-0.05, 0) is 86.1 Å². The molecule has 0 bridgehead atoms. The number of carbonyl (C=O) groups is 1. The van der Waals surface area contributed by atoms with Crippen LogP contribution >= 0.6 is 0 Å². The van der Waals surface area contributed by atoms with Gasteiger partial charge in [0, 0.05) is 57.1 Å². The molecule has 2 aliphatic rings. The Labute approximate surface area is 268 Å². The number of amides is 1. The van der Waals surface area contributed by atoms with Gasteiger partial charge < -0.3 is 15.1 Å². The van der Waals surface area contributed by atoms with Crippen molar-refractivity contribution in [3.05, 3.63) is 84.7 Å². The quantitative estimate of drug-likeness (QED) is 0.268. The maximum absolute atomic E-state index is 12.9. The summed E-state index contributed by atoms with van der Waals surface area (Å²) in [6, 6.07) is 23.3. The second kappa shape index (κ2) is 14.6. The molecule has 2 aliphatic heterocycles. The third-order valence-corrected chi connectivity index (χ3v) is 11.6. The first-order valence-electron chi connectivity index (χ1n) is 16.2. The minimum atomic E-state index is -3.55. The third-order valence-electron chi connectivity index (χ3n) is 9.78. The first-order valence-corrected chi connectivity index (χ1v) is 17.7. The summed E-state index contributed by atoms with van der Waals surface area (Å²) in [5, 5.41) is 13.6. The highest BCUT2D eigenvalue weighted by Gasteiger charge is 2.44. The molecule has 3 aromatic rings. The summed E-state index contributed by atoms with van der Waals surface area (Å²) in [7, 11) is -1.87. The summed E-state index contributed by atoms with van der Waals surface area (Å²) in [6.07, 6.45) is 8.00. The molecule has 0 saturated carbocycles. The van der Waals surface area contributed by atoms with Crippen molar-refractivity contribution in [1.29, 1.82) is 5.26 Å². The van der Waals surface area contributed by atoms with E-state index >= 15 is 0 Å². The largest absolute Gasteiger partial charge is 0.371 e. The predicted molar refractivity (Wildman–Crippen MR) is 176 cm³/mol. The summed E-state index contributed by atoms with van der Waals surface area (Å²) in [6.45, 7) is 7.00. The molecular weight excluding hydrogens is 582 g/mol. The topological polar surface area (TPSA) is 106 Å². The van der Waals surface area contributed by atoms with Crippen LogP contribution < -0.4 is 10.2 Å². The zero-order chi connectivity index (χ0) is 31.9. The molecule has 45 heavy (non-hydrogen) atoms. The SMILES string of the molecule is CCC[C@H](CC(=O)NC)CC(C#N)(c1ccccc1)C1CCN(CC2CN(c3ccc(S(=O)(=O)c4ccncc4)cc3)C2)CC1. The number of carbonyl (C=O) groups excluding carboxylic acids is 1. The van der Waals surface area contributed by atoms with Crippen molar-refractivity contribution < 1.29 is 13.2 Å². The standard InChI is InChI=1S/C36H45N5O3S/c1-3-7-28(22-35(42)38-2)23-36(27-37,30-8-5-4-6-9-30)31-16-20-40(21-17-31)24-29-25-41(26-29)32-10-12-33(13-11-32)45(43,44)34-14-18-39-19-15-34/h4-6,8-15,18-19,28-29,31H,3,7,16-17,20-26H2,1-2H3,(H,38,42)/t28-,36?/m1/s1. The van der Waals surface area contributed by atoms with Crippen molar-refractivity contribution in [3.63, 3.8) is 0 Å². The van der Waals surface area contributed by atoms with Crippen LogP contribution in [-0.2, 0) is 20.0 Å². The fraction of sp³-hybridized carbons (Fsp3) is 0.472. The second-order valence-corrected chi connectivity index (χ2v) is 14.7. The molecule has 0 aliphatic carbocycles. The van der Waals surface area contributed by atoms with Crippen molar-refractivity contribution in [2.24, 2.45) is 17.8 Å². The van der Waals surface area contributed by atoms with Crippen LogP contribution in [0.3, 0.4) is 0 Å². The number of nitrogens with zero attached hydrogens (tertiary/aromatic N) is 4. The Bertz CT molecular complexity index is 1550. The van der Waals surface area contributed by atoms with Gasteiger partial charge >= 0.3 is 0 Å². The van der Waals surface area contributed by atoms with E-state index in [-0.39, 0.29) is 27.5 Å². The number of anilines is 1. The first kappa shape index (κ1) is 32.6. The average molecular weight is 628 g/mol. The first-order chi connectivity index (χ1) is 21.8. The number of hydrogen-bond acceptors (Lipinski definition) is 7. The highest BCUT2D eigenvalue weighted by Crippen LogP contribution is 2.44. The maximum atomic E-state index is 12.9. The van der Waals surface area contributed by atoms with E-state index in [0.717, 1.165) is 69.7 Å². The van der Waals surface area contributed by atoms with E-state index in [4.69, 9.17) is 0 Å². The average Bonchev–Trinajstić information content (AvgIpc) is 3.06. The van der Waals surface area contributed by atoms with Gasteiger partial charge in [-0.15, -0.1) is 0 Å². The zero-order valence-corrected chi connectivity index (χ0v) is 27.3. The molecule has 0 spiro atoms. The lowest BCUT2D eigenvalue weighted by Crippen LogP contribution is -2.53. The number of nitriles is 1. The van der Waals surface area contributed by atoms with Gasteiger partial charge in [0.25, 0.3) is 0 Å². The molecule has 8 nitrogen and oxygen atoms in total. The van der Waals surface area contributed by atoms with Gasteiger partial charge in [0.15, 0.2) is 0 Å². The lowest BCUT2D eigenvalue weighted by atomic mass is 9.62. The molecule has 1 N–H and O–H groups in total. The lowest BCUT2D eigenvalue weighted by molar-refractivity contribution is -0.121. The molecule has 2 saturated heterocycles. The van der Waals surface area contributed by atoms with Gasteiger partial charge in [0.05, 0.1) is 21.3 Å². The summed E-state index contributed by atoms with van der Waals surface area (Å²) in [4.78, 5) is 21.7.